The van der Waals surface area contributed by atoms with Crippen LogP contribution in [0.3, 0.4) is 0 Å². The van der Waals surface area contributed by atoms with Gasteiger partial charge in [-0.3, -0.25) is 14.9 Å². The summed E-state index contributed by atoms with van der Waals surface area (Å²) in [4.78, 5) is 22.7. The molecule has 3 aromatic carbocycles. The molecule has 0 spiro atoms. The SMILES string of the molecule is O=C(CN(Cc1ccc(Cl)cc1Cl)S(=O)(=O)c1ccc(Cl)cc1)N/N=C\c1ccc([N+](=O)[O-])cc1. The van der Waals surface area contributed by atoms with Gasteiger partial charge in [0.25, 0.3) is 11.6 Å². The summed E-state index contributed by atoms with van der Waals surface area (Å²) in [5.74, 6) is -0.717. The van der Waals surface area contributed by atoms with Crippen molar-refractivity contribution in [2.24, 2.45) is 5.10 Å². The summed E-state index contributed by atoms with van der Waals surface area (Å²) in [5.41, 5.74) is 3.10. The lowest BCUT2D eigenvalue weighted by molar-refractivity contribution is -0.384. The Morgan fingerprint density at radius 1 is 1.00 bits per heavy atom. The Hall–Kier alpha value is -3.02. The minimum Gasteiger partial charge on any atom is -0.272 e. The van der Waals surface area contributed by atoms with Crippen molar-refractivity contribution in [2.75, 3.05) is 6.54 Å². The van der Waals surface area contributed by atoms with Crippen LogP contribution in [0.15, 0.2) is 76.7 Å². The van der Waals surface area contributed by atoms with E-state index >= 15 is 0 Å². The Balaban J connectivity index is 1.79. The number of nitro benzene ring substituents is 1. The summed E-state index contributed by atoms with van der Waals surface area (Å²) in [7, 11) is -4.12. The van der Waals surface area contributed by atoms with E-state index in [2.05, 4.69) is 10.5 Å². The van der Waals surface area contributed by atoms with Crippen LogP contribution in [0.2, 0.25) is 15.1 Å². The maximum Gasteiger partial charge on any atom is 0.269 e. The molecule has 0 aliphatic rings. The highest BCUT2D eigenvalue weighted by Gasteiger charge is 2.27. The van der Waals surface area contributed by atoms with Crippen LogP contribution in [0.1, 0.15) is 11.1 Å². The number of benzene rings is 3. The molecule has 0 aromatic heterocycles. The largest absolute Gasteiger partial charge is 0.272 e. The van der Waals surface area contributed by atoms with Crippen molar-refractivity contribution < 1.29 is 18.1 Å². The summed E-state index contributed by atoms with van der Waals surface area (Å²) in [5, 5.41) is 15.5. The predicted molar refractivity (Wildman–Crippen MR) is 134 cm³/mol. The maximum atomic E-state index is 13.3. The number of hydrogen-bond donors (Lipinski definition) is 1. The molecule has 1 amide bonds. The summed E-state index contributed by atoms with van der Waals surface area (Å²) in [6.07, 6.45) is 1.27. The number of nitro groups is 1. The number of amides is 1. The molecule has 0 bridgehead atoms. The van der Waals surface area contributed by atoms with Gasteiger partial charge in [0, 0.05) is 33.7 Å². The lowest BCUT2D eigenvalue weighted by Crippen LogP contribution is -2.39. The first kappa shape index (κ1) is 26.6. The van der Waals surface area contributed by atoms with Crippen LogP contribution in [0, 0.1) is 10.1 Å². The molecular formula is C22H17Cl3N4O5S. The van der Waals surface area contributed by atoms with Crippen molar-refractivity contribution in [3.05, 3.63) is 103 Å². The van der Waals surface area contributed by atoms with Crippen LogP contribution in [0.4, 0.5) is 5.69 Å². The zero-order valence-electron chi connectivity index (χ0n) is 17.8. The number of carbonyl (C=O) groups is 1. The zero-order valence-corrected chi connectivity index (χ0v) is 20.9. The van der Waals surface area contributed by atoms with E-state index in [1.54, 1.807) is 12.1 Å². The van der Waals surface area contributed by atoms with Crippen molar-refractivity contribution in [3.8, 4) is 0 Å². The second-order valence-corrected chi connectivity index (χ2v) is 10.3. The topological polar surface area (TPSA) is 122 Å². The van der Waals surface area contributed by atoms with Gasteiger partial charge in [0.05, 0.1) is 22.6 Å². The molecule has 35 heavy (non-hydrogen) atoms. The number of nitrogens with one attached hydrogen (secondary N) is 1. The third-order valence-corrected chi connectivity index (χ3v) is 7.28. The number of hydrogen-bond acceptors (Lipinski definition) is 6. The fourth-order valence-corrected chi connectivity index (χ4v) is 4.85. The first-order chi connectivity index (χ1) is 16.6. The van der Waals surface area contributed by atoms with Crippen LogP contribution in [-0.4, -0.2) is 36.3 Å². The Kier molecular flexibility index (Phi) is 8.82. The average molecular weight is 556 g/mol. The number of nitrogens with zero attached hydrogens (tertiary/aromatic N) is 3. The second kappa shape index (κ2) is 11.6. The first-order valence-electron chi connectivity index (χ1n) is 9.82. The lowest BCUT2D eigenvalue weighted by atomic mass is 10.2. The van der Waals surface area contributed by atoms with E-state index in [4.69, 9.17) is 34.8 Å². The van der Waals surface area contributed by atoms with E-state index < -0.39 is 27.4 Å². The highest BCUT2D eigenvalue weighted by Crippen LogP contribution is 2.25. The smallest absolute Gasteiger partial charge is 0.269 e. The lowest BCUT2D eigenvalue weighted by Gasteiger charge is -2.22. The van der Waals surface area contributed by atoms with E-state index in [1.165, 1.54) is 60.8 Å². The number of rotatable bonds is 9. The molecule has 3 aromatic rings. The second-order valence-electron chi connectivity index (χ2n) is 7.10. The van der Waals surface area contributed by atoms with Crippen LogP contribution < -0.4 is 5.43 Å². The van der Waals surface area contributed by atoms with Crippen LogP contribution in [-0.2, 0) is 21.4 Å². The molecule has 0 saturated carbocycles. The van der Waals surface area contributed by atoms with Gasteiger partial charge in [-0.25, -0.2) is 13.8 Å². The predicted octanol–water partition coefficient (Wildman–Crippen LogP) is 4.90. The number of halogens is 3. The maximum absolute atomic E-state index is 13.3. The van der Waals surface area contributed by atoms with Crippen molar-refractivity contribution in [3.63, 3.8) is 0 Å². The Morgan fingerprint density at radius 3 is 2.23 bits per heavy atom. The summed E-state index contributed by atoms with van der Waals surface area (Å²) in [6, 6.07) is 15.6. The molecule has 0 atom stereocenters. The Labute approximate surface area is 216 Å². The number of carbonyl (C=O) groups excluding carboxylic acids is 1. The van der Waals surface area contributed by atoms with E-state index in [9.17, 15) is 23.3 Å². The minimum absolute atomic E-state index is 0.0610. The highest BCUT2D eigenvalue weighted by atomic mass is 35.5. The Morgan fingerprint density at radius 2 is 1.63 bits per heavy atom. The van der Waals surface area contributed by atoms with Gasteiger partial charge in [-0.05, 0) is 59.7 Å². The third-order valence-electron chi connectivity index (χ3n) is 4.64. The van der Waals surface area contributed by atoms with Gasteiger partial charge in [0.1, 0.15) is 0 Å². The van der Waals surface area contributed by atoms with Crippen LogP contribution >= 0.6 is 34.8 Å². The molecule has 0 heterocycles. The molecule has 0 saturated heterocycles. The van der Waals surface area contributed by atoms with Crippen LogP contribution in [0.25, 0.3) is 0 Å². The standard InChI is InChI=1S/C22H17Cl3N4O5S/c23-17-5-9-20(10-6-17)35(33,34)28(13-16-3-4-18(24)11-21(16)25)14-22(30)27-26-12-15-1-7-19(8-2-15)29(31)32/h1-12H,13-14H2,(H,27,30)/b26-12-. The fraction of sp³-hybridized carbons (Fsp3) is 0.0909. The molecule has 13 heteroatoms. The molecule has 0 unspecified atom stereocenters. The fourth-order valence-electron chi connectivity index (χ4n) is 2.88. The van der Waals surface area contributed by atoms with Crippen molar-refractivity contribution in [1.29, 1.82) is 0 Å². The van der Waals surface area contributed by atoms with E-state index in [0.717, 1.165) is 4.31 Å². The van der Waals surface area contributed by atoms with E-state index in [0.29, 0.717) is 21.2 Å². The molecule has 9 nitrogen and oxygen atoms in total. The van der Waals surface area contributed by atoms with Crippen molar-refractivity contribution in [2.45, 2.75) is 11.4 Å². The Bertz CT molecular complexity index is 1360. The quantitative estimate of drug-likeness (QED) is 0.229. The van der Waals surface area contributed by atoms with Gasteiger partial charge in [-0.1, -0.05) is 40.9 Å². The normalized spacial score (nSPS) is 11.7. The number of hydrazone groups is 1. The third kappa shape index (κ3) is 7.23. The molecular weight excluding hydrogens is 539 g/mol. The molecule has 0 aliphatic heterocycles. The van der Waals surface area contributed by atoms with Crippen LogP contribution in [0.5, 0.6) is 0 Å². The first-order valence-corrected chi connectivity index (χ1v) is 12.4. The molecule has 0 aliphatic carbocycles. The van der Waals surface area contributed by atoms with Gasteiger partial charge in [-0.15, -0.1) is 0 Å². The highest BCUT2D eigenvalue weighted by molar-refractivity contribution is 7.89. The summed E-state index contributed by atoms with van der Waals surface area (Å²) >= 11 is 18.0. The summed E-state index contributed by atoms with van der Waals surface area (Å²) in [6.45, 7) is -0.776. The van der Waals surface area contributed by atoms with Gasteiger partial charge < -0.3 is 0 Å². The molecule has 182 valence electrons. The van der Waals surface area contributed by atoms with Crippen molar-refractivity contribution >= 4 is 62.6 Å². The molecule has 3 rings (SSSR count). The average Bonchev–Trinajstić information content (AvgIpc) is 2.81. The van der Waals surface area contributed by atoms with E-state index in [-0.39, 0.29) is 22.2 Å². The summed E-state index contributed by atoms with van der Waals surface area (Å²) < 4.78 is 27.5. The molecule has 1 N–H and O–H groups in total. The van der Waals surface area contributed by atoms with Gasteiger partial charge in [0.15, 0.2) is 0 Å². The van der Waals surface area contributed by atoms with E-state index in [1.807, 2.05) is 0 Å². The zero-order chi connectivity index (χ0) is 25.6. The monoisotopic (exact) mass is 554 g/mol. The molecule has 0 fully saturated rings. The van der Waals surface area contributed by atoms with Gasteiger partial charge >= 0.3 is 0 Å². The number of sulfonamides is 1. The minimum atomic E-state index is -4.12. The van der Waals surface area contributed by atoms with Gasteiger partial charge in [0.2, 0.25) is 10.0 Å². The van der Waals surface area contributed by atoms with Gasteiger partial charge in [-0.2, -0.15) is 9.41 Å². The molecule has 0 radical (unpaired) electrons. The number of non-ortho nitro benzene ring substituents is 1. The van der Waals surface area contributed by atoms with Crippen molar-refractivity contribution in [1.82, 2.24) is 9.73 Å².